The van der Waals surface area contributed by atoms with Crippen LogP contribution in [-0.2, 0) is 17.4 Å². The molecule has 1 aliphatic heterocycles. The van der Waals surface area contributed by atoms with Crippen LogP contribution in [0.3, 0.4) is 0 Å². The normalized spacial score (nSPS) is 19.6. The number of carbonyl (C=O) groups excluding carboxylic acids is 1. The molecule has 2 rings (SSSR count). The molecule has 1 aromatic carbocycles. The second-order valence-electron chi connectivity index (χ2n) is 5.67. The third-order valence-corrected chi connectivity index (χ3v) is 4.11. The van der Waals surface area contributed by atoms with Crippen LogP contribution in [0.1, 0.15) is 37.3 Å². The minimum Gasteiger partial charge on any atom is -0.343 e. The molecule has 0 N–H and O–H groups in total. The lowest BCUT2D eigenvalue weighted by Crippen LogP contribution is -2.38. The SMILES string of the molecule is CC(=O)N1CCC[C@H](CCc2ccccc2C(F)(F)F)C1. The van der Waals surface area contributed by atoms with Crippen LogP contribution in [0.25, 0.3) is 0 Å². The van der Waals surface area contributed by atoms with Crippen LogP contribution in [0.4, 0.5) is 13.2 Å². The molecule has 116 valence electrons. The number of hydrogen-bond acceptors (Lipinski definition) is 1. The fraction of sp³-hybridized carbons (Fsp3) is 0.562. The van der Waals surface area contributed by atoms with E-state index in [2.05, 4.69) is 0 Å². The third-order valence-electron chi connectivity index (χ3n) is 4.11. The van der Waals surface area contributed by atoms with E-state index in [1.54, 1.807) is 24.0 Å². The number of hydrogen-bond donors (Lipinski definition) is 0. The third kappa shape index (κ3) is 4.22. The summed E-state index contributed by atoms with van der Waals surface area (Å²) in [6.07, 6.45) is -1.28. The number of piperidine rings is 1. The zero-order chi connectivity index (χ0) is 15.5. The van der Waals surface area contributed by atoms with Gasteiger partial charge >= 0.3 is 6.18 Å². The lowest BCUT2D eigenvalue weighted by molar-refractivity contribution is -0.138. The number of alkyl halides is 3. The van der Waals surface area contributed by atoms with Crippen LogP contribution in [-0.4, -0.2) is 23.9 Å². The molecule has 1 aromatic rings. The average molecular weight is 299 g/mol. The summed E-state index contributed by atoms with van der Waals surface area (Å²) < 4.78 is 38.8. The topological polar surface area (TPSA) is 20.3 Å². The molecule has 1 saturated heterocycles. The van der Waals surface area contributed by atoms with Crippen LogP contribution in [0.2, 0.25) is 0 Å². The quantitative estimate of drug-likeness (QED) is 0.829. The van der Waals surface area contributed by atoms with Crippen molar-refractivity contribution in [3.8, 4) is 0 Å². The monoisotopic (exact) mass is 299 g/mol. The molecule has 0 aliphatic carbocycles. The lowest BCUT2D eigenvalue weighted by atomic mass is 9.90. The summed E-state index contributed by atoms with van der Waals surface area (Å²) in [6.45, 7) is 2.98. The van der Waals surface area contributed by atoms with Gasteiger partial charge in [-0.25, -0.2) is 0 Å². The fourth-order valence-corrected chi connectivity index (χ4v) is 2.96. The van der Waals surface area contributed by atoms with Crippen LogP contribution < -0.4 is 0 Å². The Kier molecular flexibility index (Phi) is 4.91. The van der Waals surface area contributed by atoms with Gasteiger partial charge in [0.15, 0.2) is 0 Å². The standard InChI is InChI=1S/C16H20F3NO/c1-12(21)20-10-4-5-13(11-20)8-9-14-6-2-3-7-15(14)16(17,18)19/h2-3,6-7,13H,4-5,8-11H2,1H3/t13-/m1/s1. The Balaban J connectivity index is 1.99. The number of rotatable bonds is 3. The van der Waals surface area contributed by atoms with E-state index in [9.17, 15) is 18.0 Å². The highest BCUT2D eigenvalue weighted by Crippen LogP contribution is 2.33. The van der Waals surface area contributed by atoms with E-state index in [-0.39, 0.29) is 5.91 Å². The highest BCUT2D eigenvalue weighted by molar-refractivity contribution is 5.73. The predicted molar refractivity (Wildman–Crippen MR) is 74.7 cm³/mol. The molecule has 1 heterocycles. The van der Waals surface area contributed by atoms with E-state index in [4.69, 9.17) is 0 Å². The zero-order valence-electron chi connectivity index (χ0n) is 12.1. The van der Waals surface area contributed by atoms with Gasteiger partial charge in [0.1, 0.15) is 0 Å². The maximum absolute atomic E-state index is 12.9. The molecule has 2 nitrogen and oxygen atoms in total. The lowest BCUT2D eigenvalue weighted by Gasteiger charge is -2.32. The summed E-state index contributed by atoms with van der Waals surface area (Å²) in [5.41, 5.74) is -0.186. The summed E-state index contributed by atoms with van der Waals surface area (Å²) in [7, 11) is 0. The van der Waals surface area contributed by atoms with Crippen molar-refractivity contribution in [2.75, 3.05) is 13.1 Å². The molecule has 5 heteroatoms. The van der Waals surface area contributed by atoms with Crippen molar-refractivity contribution in [2.45, 2.75) is 38.8 Å². The minimum absolute atomic E-state index is 0.0513. The van der Waals surface area contributed by atoms with Gasteiger partial charge in [0, 0.05) is 20.0 Å². The van der Waals surface area contributed by atoms with Crippen molar-refractivity contribution in [1.82, 2.24) is 4.90 Å². The molecule has 21 heavy (non-hydrogen) atoms. The minimum atomic E-state index is -4.30. The van der Waals surface area contributed by atoms with Gasteiger partial charge in [-0.15, -0.1) is 0 Å². The van der Waals surface area contributed by atoms with Gasteiger partial charge in [-0.05, 0) is 43.2 Å². The largest absolute Gasteiger partial charge is 0.416 e. The van der Waals surface area contributed by atoms with Crippen molar-refractivity contribution in [3.63, 3.8) is 0 Å². The molecule has 0 unspecified atom stereocenters. The van der Waals surface area contributed by atoms with Gasteiger partial charge in [-0.3, -0.25) is 4.79 Å². The van der Waals surface area contributed by atoms with Crippen molar-refractivity contribution >= 4 is 5.91 Å². The maximum Gasteiger partial charge on any atom is 0.416 e. The number of halogens is 3. The Labute approximate surface area is 122 Å². The number of nitrogens with zero attached hydrogens (tertiary/aromatic N) is 1. The second-order valence-corrected chi connectivity index (χ2v) is 5.67. The molecule has 0 bridgehead atoms. The van der Waals surface area contributed by atoms with E-state index in [1.807, 2.05) is 0 Å². The molecular formula is C16H20F3NO. The molecule has 0 aromatic heterocycles. The molecule has 1 atom stereocenters. The number of carbonyl (C=O) groups is 1. The second kappa shape index (κ2) is 6.50. The molecular weight excluding hydrogens is 279 g/mol. The van der Waals surface area contributed by atoms with Crippen LogP contribution >= 0.6 is 0 Å². The van der Waals surface area contributed by atoms with E-state index in [1.165, 1.54) is 6.07 Å². The Morgan fingerprint density at radius 3 is 2.71 bits per heavy atom. The average Bonchev–Trinajstić information content (AvgIpc) is 2.45. The van der Waals surface area contributed by atoms with Gasteiger partial charge in [0.05, 0.1) is 5.56 Å². The Morgan fingerprint density at radius 2 is 2.05 bits per heavy atom. The summed E-state index contributed by atoms with van der Waals surface area (Å²) >= 11 is 0. The van der Waals surface area contributed by atoms with E-state index in [0.29, 0.717) is 30.9 Å². The molecule has 1 amide bonds. The van der Waals surface area contributed by atoms with Gasteiger partial charge in [0.2, 0.25) is 5.91 Å². The molecule has 1 fully saturated rings. The van der Waals surface area contributed by atoms with Crippen LogP contribution in [0.15, 0.2) is 24.3 Å². The van der Waals surface area contributed by atoms with Crippen molar-refractivity contribution in [1.29, 1.82) is 0 Å². The van der Waals surface area contributed by atoms with Gasteiger partial charge in [-0.1, -0.05) is 18.2 Å². The maximum atomic E-state index is 12.9. The number of likely N-dealkylation sites (tertiary alicyclic amines) is 1. The van der Waals surface area contributed by atoms with Gasteiger partial charge in [0.25, 0.3) is 0 Å². The fourth-order valence-electron chi connectivity index (χ4n) is 2.96. The summed E-state index contributed by atoms with van der Waals surface area (Å²) in [5, 5.41) is 0. The first-order valence-electron chi connectivity index (χ1n) is 7.28. The molecule has 0 saturated carbocycles. The predicted octanol–water partition coefficient (Wildman–Crippen LogP) is 3.90. The first kappa shape index (κ1) is 15.9. The number of benzene rings is 1. The van der Waals surface area contributed by atoms with E-state index in [0.717, 1.165) is 25.5 Å². The first-order valence-corrected chi connectivity index (χ1v) is 7.28. The van der Waals surface area contributed by atoms with Crippen molar-refractivity contribution < 1.29 is 18.0 Å². The highest BCUT2D eigenvalue weighted by Gasteiger charge is 2.33. The summed E-state index contributed by atoms with van der Waals surface area (Å²) in [4.78, 5) is 13.2. The van der Waals surface area contributed by atoms with E-state index >= 15 is 0 Å². The smallest absolute Gasteiger partial charge is 0.343 e. The number of amides is 1. The number of aryl methyl sites for hydroxylation is 1. The summed E-state index contributed by atoms with van der Waals surface area (Å²) in [5.74, 6) is 0.347. The molecule has 0 radical (unpaired) electrons. The highest BCUT2D eigenvalue weighted by atomic mass is 19.4. The Bertz CT molecular complexity index is 499. The van der Waals surface area contributed by atoms with Crippen LogP contribution in [0, 0.1) is 5.92 Å². The van der Waals surface area contributed by atoms with Crippen LogP contribution in [0.5, 0.6) is 0 Å². The zero-order valence-corrected chi connectivity index (χ0v) is 12.1. The molecule has 1 aliphatic rings. The first-order chi connectivity index (χ1) is 9.88. The van der Waals surface area contributed by atoms with Crippen molar-refractivity contribution in [2.24, 2.45) is 5.92 Å². The molecule has 0 spiro atoms. The Morgan fingerprint density at radius 1 is 1.33 bits per heavy atom. The van der Waals surface area contributed by atoms with Gasteiger partial charge in [-0.2, -0.15) is 13.2 Å². The van der Waals surface area contributed by atoms with Gasteiger partial charge < -0.3 is 4.90 Å². The summed E-state index contributed by atoms with van der Waals surface area (Å²) in [6, 6.07) is 5.75. The van der Waals surface area contributed by atoms with Crippen molar-refractivity contribution in [3.05, 3.63) is 35.4 Å². The van der Waals surface area contributed by atoms with E-state index < -0.39 is 11.7 Å². The Hall–Kier alpha value is -1.52.